The highest BCUT2D eigenvalue weighted by Crippen LogP contribution is 2.27. The van der Waals surface area contributed by atoms with Gasteiger partial charge in [-0.2, -0.15) is 0 Å². The molecule has 0 unspecified atom stereocenters. The van der Waals surface area contributed by atoms with E-state index in [0.29, 0.717) is 12.4 Å². The van der Waals surface area contributed by atoms with E-state index in [1.54, 1.807) is 11.8 Å². The SMILES string of the molecule is CCOC(=O)CN(C(=O)COc1ccc(C)cc1)C1CC1. The predicted molar refractivity (Wildman–Crippen MR) is 78.0 cm³/mol. The Hall–Kier alpha value is -2.04. The van der Waals surface area contributed by atoms with Crippen molar-refractivity contribution in [3.8, 4) is 5.75 Å². The summed E-state index contributed by atoms with van der Waals surface area (Å²) in [4.78, 5) is 25.3. The molecule has 1 amide bonds. The number of rotatable bonds is 7. The van der Waals surface area contributed by atoms with E-state index in [1.807, 2.05) is 31.2 Å². The quantitative estimate of drug-likeness (QED) is 0.720. The third-order valence-corrected chi connectivity index (χ3v) is 3.30. The molecule has 21 heavy (non-hydrogen) atoms. The van der Waals surface area contributed by atoms with Gasteiger partial charge in [0.2, 0.25) is 0 Å². The molecule has 0 aromatic heterocycles. The second kappa shape index (κ2) is 7.11. The lowest BCUT2D eigenvalue weighted by atomic mass is 10.2. The molecule has 1 fully saturated rings. The summed E-state index contributed by atoms with van der Waals surface area (Å²) in [5, 5.41) is 0. The average Bonchev–Trinajstić information content (AvgIpc) is 3.29. The minimum Gasteiger partial charge on any atom is -0.484 e. The highest BCUT2D eigenvalue weighted by molar-refractivity contribution is 5.83. The molecule has 1 saturated carbocycles. The summed E-state index contributed by atoms with van der Waals surface area (Å²) in [5.74, 6) is 0.111. The fraction of sp³-hybridized carbons (Fsp3) is 0.500. The Balaban J connectivity index is 1.86. The van der Waals surface area contributed by atoms with Gasteiger partial charge in [0.05, 0.1) is 6.61 Å². The Morgan fingerprint density at radius 2 is 1.90 bits per heavy atom. The van der Waals surface area contributed by atoms with E-state index in [2.05, 4.69) is 0 Å². The zero-order chi connectivity index (χ0) is 15.2. The molecule has 1 aliphatic carbocycles. The van der Waals surface area contributed by atoms with Gasteiger partial charge in [-0.05, 0) is 38.8 Å². The van der Waals surface area contributed by atoms with Crippen LogP contribution in [-0.2, 0) is 14.3 Å². The fourth-order valence-electron chi connectivity index (χ4n) is 2.02. The van der Waals surface area contributed by atoms with E-state index in [-0.39, 0.29) is 31.1 Å². The molecule has 0 aliphatic heterocycles. The third kappa shape index (κ3) is 4.77. The largest absolute Gasteiger partial charge is 0.484 e. The van der Waals surface area contributed by atoms with Gasteiger partial charge in [0.15, 0.2) is 6.61 Å². The van der Waals surface area contributed by atoms with Crippen LogP contribution in [-0.4, -0.2) is 42.6 Å². The normalized spacial score (nSPS) is 13.6. The number of carbonyl (C=O) groups excluding carboxylic acids is 2. The Bertz CT molecular complexity index is 494. The van der Waals surface area contributed by atoms with Gasteiger partial charge in [-0.15, -0.1) is 0 Å². The van der Waals surface area contributed by atoms with Crippen molar-refractivity contribution < 1.29 is 19.1 Å². The van der Waals surface area contributed by atoms with E-state index < -0.39 is 0 Å². The Morgan fingerprint density at radius 3 is 2.48 bits per heavy atom. The first-order valence-electron chi connectivity index (χ1n) is 7.24. The van der Waals surface area contributed by atoms with Crippen LogP contribution in [0.25, 0.3) is 0 Å². The van der Waals surface area contributed by atoms with Crippen molar-refractivity contribution >= 4 is 11.9 Å². The summed E-state index contributed by atoms with van der Waals surface area (Å²) in [5.41, 5.74) is 1.13. The van der Waals surface area contributed by atoms with Crippen LogP contribution in [0.3, 0.4) is 0 Å². The van der Waals surface area contributed by atoms with Crippen molar-refractivity contribution in [2.45, 2.75) is 32.7 Å². The minimum atomic E-state index is -0.368. The molecule has 0 heterocycles. The van der Waals surface area contributed by atoms with E-state index in [9.17, 15) is 9.59 Å². The van der Waals surface area contributed by atoms with Gasteiger partial charge in [-0.1, -0.05) is 17.7 Å². The maximum absolute atomic E-state index is 12.2. The fourth-order valence-corrected chi connectivity index (χ4v) is 2.02. The standard InChI is InChI=1S/C16H21NO4/c1-3-20-16(19)10-17(13-6-7-13)15(18)11-21-14-8-4-12(2)5-9-14/h4-5,8-9,13H,3,6-7,10-11H2,1-2H3. The van der Waals surface area contributed by atoms with Crippen molar-refractivity contribution in [1.82, 2.24) is 4.90 Å². The van der Waals surface area contributed by atoms with Gasteiger partial charge in [-0.25, -0.2) is 0 Å². The van der Waals surface area contributed by atoms with Gasteiger partial charge in [0.25, 0.3) is 5.91 Å². The van der Waals surface area contributed by atoms with Crippen LogP contribution in [0.5, 0.6) is 5.75 Å². The van der Waals surface area contributed by atoms with Gasteiger partial charge in [-0.3, -0.25) is 9.59 Å². The Labute approximate surface area is 124 Å². The first kappa shape index (κ1) is 15.4. The lowest BCUT2D eigenvalue weighted by Gasteiger charge is -2.21. The zero-order valence-corrected chi connectivity index (χ0v) is 12.5. The van der Waals surface area contributed by atoms with E-state index in [1.165, 1.54) is 0 Å². The molecule has 5 heteroatoms. The molecule has 1 aromatic carbocycles. The maximum Gasteiger partial charge on any atom is 0.325 e. The molecule has 0 N–H and O–H groups in total. The zero-order valence-electron chi connectivity index (χ0n) is 12.5. The molecule has 5 nitrogen and oxygen atoms in total. The van der Waals surface area contributed by atoms with Crippen LogP contribution >= 0.6 is 0 Å². The molecular formula is C16H21NO4. The summed E-state index contributed by atoms with van der Waals surface area (Å²) in [6.45, 7) is 4.02. The molecule has 0 radical (unpaired) electrons. The van der Waals surface area contributed by atoms with Crippen LogP contribution in [0.1, 0.15) is 25.3 Å². The van der Waals surface area contributed by atoms with Crippen LogP contribution < -0.4 is 4.74 Å². The number of carbonyl (C=O) groups is 2. The number of esters is 1. The number of aryl methyl sites for hydroxylation is 1. The van der Waals surface area contributed by atoms with Crippen molar-refractivity contribution in [1.29, 1.82) is 0 Å². The number of hydrogen-bond acceptors (Lipinski definition) is 4. The van der Waals surface area contributed by atoms with E-state index >= 15 is 0 Å². The number of amides is 1. The number of benzene rings is 1. The van der Waals surface area contributed by atoms with Crippen LogP contribution in [0.15, 0.2) is 24.3 Å². The highest BCUT2D eigenvalue weighted by atomic mass is 16.5. The predicted octanol–water partition coefficient (Wildman–Crippen LogP) is 1.93. The van der Waals surface area contributed by atoms with Crippen molar-refractivity contribution in [2.24, 2.45) is 0 Å². The second-order valence-corrected chi connectivity index (χ2v) is 5.16. The number of ether oxygens (including phenoxy) is 2. The lowest BCUT2D eigenvalue weighted by Crippen LogP contribution is -2.40. The summed E-state index contributed by atoms with van der Waals surface area (Å²) >= 11 is 0. The molecule has 114 valence electrons. The molecule has 0 bridgehead atoms. The van der Waals surface area contributed by atoms with Crippen molar-refractivity contribution in [2.75, 3.05) is 19.8 Å². The van der Waals surface area contributed by atoms with E-state index in [0.717, 1.165) is 18.4 Å². The van der Waals surface area contributed by atoms with Gasteiger partial charge in [0.1, 0.15) is 12.3 Å². The molecule has 2 rings (SSSR count). The summed E-state index contributed by atoms with van der Waals surface area (Å²) in [7, 11) is 0. The maximum atomic E-state index is 12.2. The molecule has 1 aromatic rings. The highest BCUT2D eigenvalue weighted by Gasteiger charge is 2.34. The lowest BCUT2D eigenvalue weighted by molar-refractivity contribution is -0.150. The van der Waals surface area contributed by atoms with Crippen LogP contribution in [0.4, 0.5) is 0 Å². The van der Waals surface area contributed by atoms with E-state index in [4.69, 9.17) is 9.47 Å². The van der Waals surface area contributed by atoms with Crippen LogP contribution in [0, 0.1) is 6.92 Å². The average molecular weight is 291 g/mol. The van der Waals surface area contributed by atoms with Crippen molar-refractivity contribution in [3.05, 3.63) is 29.8 Å². The number of nitrogens with zero attached hydrogens (tertiary/aromatic N) is 1. The van der Waals surface area contributed by atoms with Gasteiger partial charge < -0.3 is 14.4 Å². The molecule has 0 saturated heterocycles. The summed E-state index contributed by atoms with van der Waals surface area (Å²) < 4.78 is 10.4. The van der Waals surface area contributed by atoms with Gasteiger partial charge >= 0.3 is 5.97 Å². The van der Waals surface area contributed by atoms with Gasteiger partial charge in [0, 0.05) is 6.04 Å². The molecule has 0 spiro atoms. The topological polar surface area (TPSA) is 55.8 Å². The minimum absolute atomic E-state index is 0.00853. The van der Waals surface area contributed by atoms with Crippen molar-refractivity contribution in [3.63, 3.8) is 0 Å². The molecule has 1 aliphatic rings. The Morgan fingerprint density at radius 1 is 1.24 bits per heavy atom. The first-order chi connectivity index (χ1) is 10.1. The Kier molecular flexibility index (Phi) is 5.20. The smallest absolute Gasteiger partial charge is 0.325 e. The summed E-state index contributed by atoms with van der Waals surface area (Å²) in [6.07, 6.45) is 1.88. The first-order valence-corrected chi connectivity index (χ1v) is 7.24. The number of hydrogen-bond donors (Lipinski definition) is 0. The monoisotopic (exact) mass is 291 g/mol. The second-order valence-electron chi connectivity index (χ2n) is 5.16. The van der Waals surface area contributed by atoms with Crippen LogP contribution in [0.2, 0.25) is 0 Å². The summed E-state index contributed by atoms with van der Waals surface area (Å²) in [6, 6.07) is 7.67. The third-order valence-electron chi connectivity index (χ3n) is 3.30. The molecular weight excluding hydrogens is 270 g/mol. The molecule has 0 atom stereocenters.